The summed E-state index contributed by atoms with van der Waals surface area (Å²) in [6, 6.07) is 21.2. The SMILES string of the molecule is CC1=C(c2nc(-c3ccccc3)no2)C(c2ccc(C)c(C)c2)NC(=O)N1Cc1ccccc1F. The fraction of sp³-hybridized carbons (Fsp3) is 0.179. The lowest BCUT2D eigenvalue weighted by Gasteiger charge is -2.35. The summed E-state index contributed by atoms with van der Waals surface area (Å²) in [4.78, 5) is 19.4. The third-order valence-corrected chi connectivity index (χ3v) is 6.44. The minimum Gasteiger partial charge on any atom is -0.334 e. The van der Waals surface area contributed by atoms with Crippen molar-refractivity contribution in [3.63, 3.8) is 0 Å². The molecular formula is C28H25FN4O2. The lowest BCUT2D eigenvalue weighted by Crippen LogP contribution is -2.45. The van der Waals surface area contributed by atoms with Gasteiger partial charge in [0.1, 0.15) is 5.82 Å². The summed E-state index contributed by atoms with van der Waals surface area (Å²) in [5, 5.41) is 7.26. The first kappa shape index (κ1) is 22.5. The molecule has 2 amide bonds. The molecule has 0 saturated heterocycles. The van der Waals surface area contributed by atoms with E-state index in [4.69, 9.17) is 4.52 Å². The number of amides is 2. The molecule has 5 rings (SSSR count). The fourth-order valence-corrected chi connectivity index (χ4v) is 4.28. The second kappa shape index (κ2) is 9.18. The van der Waals surface area contributed by atoms with E-state index >= 15 is 0 Å². The van der Waals surface area contributed by atoms with Gasteiger partial charge in [-0.05, 0) is 43.5 Å². The van der Waals surface area contributed by atoms with Crippen LogP contribution in [0.25, 0.3) is 17.0 Å². The second-order valence-electron chi connectivity index (χ2n) is 8.69. The number of aryl methyl sites for hydroxylation is 2. The highest BCUT2D eigenvalue weighted by atomic mass is 19.1. The zero-order valence-electron chi connectivity index (χ0n) is 19.7. The van der Waals surface area contributed by atoms with Gasteiger partial charge in [-0.1, -0.05) is 71.9 Å². The van der Waals surface area contributed by atoms with Gasteiger partial charge in [-0.2, -0.15) is 4.98 Å². The van der Waals surface area contributed by atoms with Crippen LogP contribution in [0.15, 0.2) is 83.0 Å². The Morgan fingerprint density at radius 3 is 2.46 bits per heavy atom. The van der Waals surface area contributed by atoms with Gasteiger partial charge in [-0.15, -0.1) is 0 Å². The molecule has 7 heteroatoms. The van der Waals surface area contributed by atoms with E-state index in [0.29, 0.717) is 28.5 Å². The van der Waals surface area contributed by atoms with Crippen LogP contribution in [0.5, 0.6) is 0 Å². The van der Waals surface area contributed by atoms with Crippen molar-refractivity contribution in [1.29, 1.82) is 0 Å². The summed E-state index contributed by atoms with van der Waals surface area (Å²) in [5.41, 5.74) is 5.72. The number of hydrogen-bond donors (Lipinski definition) is 1. The first-order valence-corrected chi connectivity index (χ1v) is 11.4. The number of halogens is 1. The van der Waals surface area contributed by atoms with E-state index in [1.165, 1.54) is 11.0 Å². The first-order valence-electron chi connectivity index (χ1n) is 11.4. The maximum Gasteiger partial charge on any atom is 0.322 e. The van der Waals surface area contributed by atoms with E-state index in [-0.39, 0.29) is 18.4 Å². The zero-order valence-corrected chi connectivity index (χ0v) is 19.7. The summed E-state index contributed by atoms with van der Waals surface area (Å²) in [5.74, 6) is 0.399. The maximum atomic E-state index is 14.4. The molecule has 0 fully saturated rings. The molecule has 0 saturated carbocycles. The van der Waals surface area contributed by atoms with Crippen molar-refractivity contribution in [2.24, 2.45) is 0 Å². The third-order valence-electron chi connectivity index (χ3n) is 6.44. The molecule has 35 heavy (non-hydrogen) atoms. The van der Waals surface area contributed by atoms with Crippen LogP contribution in [0.2, 0.25) is 0 Å². The van der Waals surface area contributed by atoms with Crippen molar-refractivity contribution in [2.45, 2.75) is 33.4 Å². The highest BCUT2D eigenvalue weighted by Crippen LogP contribution is 2.38. The highest BCUT2D eigenvalue weighted by molar-refractivity contribution is 5.87. The Balaban J connectivity index is 1.62. The van der Waals surface area contributed by atoms with Gasteiger partial charge in [-0.3, -0.25) is 4.90 Å². The molecule has 1 aliphatic rings. The molecule has 0 aliphatic carbocycles. The molecule has 1 unspecified atom stereocenters. The van der Waals surface area contributed by atoms with Crippen LogP contribution in [0.1, 0.15) is 41.1 Å². The summed E-state index contributed by atoms with van der Waals surface area (Å²) in [6.07, 6.45) is 0. The molecular weight excluding hydrogens is 443 g/mol. The molecule has 1 aliphatic heterocycles. The number of aromatic nitrogens is 2. The number of urea groups is 1. The van der Waals surface area contributed by atoms with Crippen LogP contribution >= 0.6 is 0 Å². The Morgan fingerprint density at radius 2 is 1.71 bits per heavy atom. The number of carbonyl (C=O) groups excluding carboxylic acids is 1. The number of nitrogens with one attached hydrogen (secondary N) is 1. The molecule has 0 radical (unpaired) electrons. The van der Waals surface area contributed by atoms with Crippen molar-refractivity contribution in [3.8, 4) is 11.4 Å². The predicted molar refractivity (Wildman–Crippen MR) is 131 cm³/mol. The molecule has 1 aromatic heterocycles. The normalized spacial score (nSPS) is 15.9. The molecule has 2 heterocycles. The Morgan fingerprint density at radius 1 is 0.971 bits per heavy atom. The van der Waals surface area contributed by atoms with Crippen molar-refractivity contribution in [1.82, 2.24) is 20.4 Å². The predicted octanol–water partition coefficient (Wildman–Crippen LogP) is 6.19. The van der Waals surface area contributed by atoms with Gasteiger partial charge in [0, 0.05) is 16.8 Å². The summed E-state index contributed by atoms with van der Waals surface area (Å²) in [6.45, 7) is 5.98. The number of carbonyl (C=O) groups is 1. The van der Waals surface area contributed by atoms with Gasteiger partial charge < -0.3 is 9.84 Å². The number of hydrogen-bond acceptors (Lipinski definition) is 4. The van der Waals surface area contributed by atoms with E-state index < -0.39 is 6.04 Å². The number of benzene rings is 3. The number of rotatable bonds is 5. The van der Waals surface area contributed by atoms with Crippen LogP contribution in [0.3, 0.4) is 0 Å². The lowest BCUT2D eigenvalue weighted by atomic mass is 9.92. The molecule has 0 spiro atoms. The van der Waals surface area contributed by atoms with E-state index in [1.54, 1.807) is 18.2 Å². The molecule has 3 aromatic carbocycles. The van der Waals surface area contributed by atoms with Crippen molar-refractivity contribution in [2.75, 3.05) is 0 Å². The first-order chi connectivity index (χ1) is 16.9. The van der Waals surface area contributed by atoms with Gasteiger partial charge in [0.15, 0.2) is 0 Å². The van der Waals surface area contributed by atoms with Gasteiger partial charge >= 0.3 is 6.03 Å². The molecule has 4 aromatic rings. The van der Waals surface area contributed by atoms with E-state index in [2.05, 4.69) is 21.5 Å². The average Bonchev–Trinajstić information content (AvgIpc) is 3.34. The van der Waals surface area contributed by atoms with Crippen LogP contribution in [0, 0.1) is 19.7 Å². The van der Waals surface area contributed by atoms with Crippen LogP contribution in [-0.4, -0.2) is 21.1 Å². The Hall–Kier alpha value is -4.26. The van der Waals surface area contributed by atoms with Crippen LogP contribution in [-0.2, 0) is 6.54 Å². The summed E-state index contributed by atoms with van der Waals surface area (Å²) >= 11 is 0. The van der Waals surface area contributed by atoms with Crippen molar-refractivity contribution in [3.05, 3.63) is 112 Å². The van der Waals surface area contributed by atoms with E-state index in [0.717, 1.165) is 22.3 Å². The average molecular weight is 469 g/mol. The van der Waals surface area contributed by atoms with Crippen molar-refractivity contribution < 1.29 is 13.7 Å². The van der Waals surface area contributed by atoms with Gasteiger partial charge in [-0.25, -0.2) is 9.18 Å². The quantitative estimate of drug-likeness (QED) is 0.379. The summed E-state index contributed by atoms with van der Waals surface area (Å²) < 4.78 is 20.1. The number of nitrogens with zero attached hydrogens (tertiary/aromatic N) is 3. The molecule has 1 atom stereocenters. The highest BCUT2D eigenvalue weighted by Gasteiger charge is 2.36. The fourth-order valence-electron chi connectivity index (χ4n) is 4.28. The molecule has 1 N–H and O–H groups in total. The maximum absolute atomic E-state index is 14.4. The smallest absolute Gasteiger partial charge is 0.322 e. The minimum atomic E-state index is -0.497. The topological polar surface area (TPSA) is 71.3 Å². The standard InChI is InChI=1S/C28H25FN4O2/c1-17-13-14-21(15-18(17)2)25-24(27-31-26(32-35-27)20-9-5-4-6-10-20)19(3)33(28(34)30-25)16-22-11-7-8-12-23(22)29/h4-15,25H,16H2,1-3H3,(H,30,34). The third kappa shape index (κ3) is 4.33. The van der Waals surface area contributed by atoms with E-state index in [9.17, 15) is 9.18 Å². The summed E-state index contributed by atoms with van der Waals surface area (Å²) in [7, 11) is 0. The Kier molecular flexibility index (Phi) is 5.91. The minimum absolute atomic E-state index is 0.0766. The van der Waals surface area contributed by atoms with Crippen molar-refractivity contribution >= 4 is 11.6 Å². The van der Waals surface area contributed by atoms with E-state index in [1.807, 2.05) is 63.2 Å². The van der Waals surface area contributed by atoms with Crippen LogP contribution < -0.4 is 5.32 Å². The molecule has 176 valence electrons. The van der Waals surface area contributed by atoms with Gasteiger partial charge in [0.25, 0.3) is 5.89 Å². The molecule has 6 nitrogen and oxygen atoms in total. The zero-order chi connectivity index (χ0) is 24.5. The largest absolute Gasteiger partial charge is 0.334 e. The Labute approximate surface area is 203 Å². The van der Waals surface area contributed by atoms with Gasteiger partial charge in [0.2, 0.25) is 5.82 Å². The molecule has 0 bridgehead atoms. The second-order valence-corrected chi connectivity index (χ2v) is 8.69. The lowest BCUT2D eigenvalue weighted by molar-refractivity contribution is 0.202. The van der Waals surface area contributed by atoms with Crippen LogP contribution in [0.4, 0.5) is 9.18 Å². The number of allylic oxidation sites excluding steroid dienone is 1. The Bertz CT molecular complexity index is 1430. The van der Waals surface area contributed by atoms with Gasteiger partial charge in [0.05, 0.1) is 18.2 Å². The monoisotopic (exact) mass is 468 g/mol.